The summed E-state index contributed by atoms with van der Waals surface area (Å²) in [6, 6.07) is 14.4. The van der Waals surface area contributed by atoms with E-state index in [2.05, 4.69) is 4.98 Å². The van der Waals surface area contributed by atoms with Crippen molar-refractivity contribution in [2.75, 3.05) is 6.61 Å². The highest BCUT2D eigenvalue weighted by molar-refractivity contribution is 5.94. The zero-order chi connectivity index (χ0) is 18.7. The van der Waals surface area contributed by atoms with Gasteiger partial charge >= 0.3 is 0 Å². The van der Waals surface area contributed by atoms with Crippen molar-refractivity contribution in [3.05, 3.63) is 59.9 Å². The molecule has 26 heavy (non-hydrogen) atoms. The van der Waals surface area contributed by atoms with Crippen molar-refractivity contribution in [1.82, 2.24) is 9.55 Å². The first-order valence-electron chi connectivity index (χ1n) is 8.51. The van der Waals surface area contributed by atoms with Gasteiger partial charge in [-0.25, -0.2) is 4.98 Å². The molecule has 0 fully saturated rings. The molecule has 2 aromatic carbocycles. The molecule has 1 aromatic heterocycles. The number of carbonyl (C=O) groups is 1. The van der Waals surface area contributed by atoms with E-state index in [-0.39, 0.29) is 18.9 Å². The Bertz CT molecular complexity index is 900. The lowest BCUT2D eigenvalue weighted by Gasteiger charge is -2.16. The Kier molecular flexibility index (Phi) is 5.35. The van der Waals surface area contributed by atoms with Crippen molar-refractivity contribution in [2.45, 2.75) is 32.6 Å². The zero-order valence-electron chi connectivity index (χ0n) is 14.8. The first-order valence-corrected chi connectivity index (χ1v) is 8.51. The molecule has 0 bridgehead atoms. The Morgan fingerprint density at radius 2 is 1.85 bits per heavy atom. The number of rotatable bonds is 7. The van der Waals surface area contributed by atoms with E-state index in [9.17, 15) is 15.0 Å². The summed E-state index contributed by atoms with van der Waals surface area (Å²) in [5.74, 6) is 1.09. The van der Waals surface area contributed by atoms with Crippen LogP contribution in [0.15, 0.2) is 48.5 Å². The topological polar surface area (TPSA) is 84.6 Å². The summed E-state index contributed by atoms with van der Waals surface area (Å²) in [6.07, 6.45) is -1.52. The van der Waals surface area contributed by atoms with Crippen molar-refractivity contribution in [1.29, 1.82) is 0 Å². The number of aliphatic hydroxyl groups is 2. The van der Waals surface area contributed by atoms with E-state index < -0.39 is 12.2 Å². The minimum atomic E-state index is -0.780. The fraction of sp³-hybridized carbons (Fsp3) is 0.300. The van der Waals surface area contributed by atoms with Crippen molar-refractivity contribution < 1.29 is 19.7 Å². The van der Waals surface area contributed by atoms with E-state index >= 15 is 0 Å². The van der Waals surface area contributed by atoms with Crippen LogP contribution < -0.4 is 4.74 Å². The third-order valence-electron chi connectivity index (χ3n) is 4.15. The van der Waals surface area contributed by atoms with Gasteiger partial charge in [-0.1, -0.05) is 12.1 Å². The summed E-state index contributed by atoms with van der Waals surface area (Å²) in [4.78, 5) is 15.7. The normalized spacial score (nSPS) is 13.5. The number of ether oxygens (including phenoxy) is 1. The highest BCUT2D eigenvalue weighted by atomic mass is 16.5. The number of benzene rings is 2. The Hall–Kier alpha value is -2.70. The molecular weight excluding hydrogens is 332 g/mol. The predicted octanol–water partition coefficient (Wildman–Crippen LogP) is 2.73. The number of para-hydroxylation sites is 2. The van der Waals surface area contributed by atoms with Crippen molar-refractivity contribution in [3.63, 3.8) is 0 Å². The number of hydrogen-bond acceptors (Lipinski definition) is 5. The van der Waals surface area contributed by atoms with Crippen molar-refractivity contribution in [3.8, 4) is 5.75 Å². The lowest BCUT2D eigenvalue weighted by atomic mass is 10.1. The molecule has 0 spiro atoms. The number of aliphatic hydroxyl groups excluding tert-OH is 2. The number of Topliss-reactive ketones (excluding diaryl/α,β-unsaturated/α-hetero) is 1. The maximum atomic E-state index is 11.3. The molecule has 3 rings (SSSR count). The van der Waals surface area contributed by atoms with Crippen LogP contribution in [0.25, 0.3) is 11.0 Å². The summed E-state index contributed by atoms with van der Waals surface area (Å²) in [5.41, 5.74) is 2.24. The summed E-state index contributed by atoms with van der Waals surface area (Å²) >= 11 is 0. The smallest absolute Gasteiger partial charge is 0.159 e. The van der Waals surface area contributed by atoms with E-state index in [1.165, 1.54) is 6.92 Å². The molecule has 6 heteroatoms. The third kappa shape index (κ3) is 3.92. The van der Waals surface area contributed by atoms with Crippen LogP contribution in [0, 0.1) is 0 Å². The average Bonchev–Trinajstić information content (AvgIpc) is 2.99. The van der Waals surface area contributed by atoms with Gasteiger partial charge in [-0.3, -0.25) is 4.79 Å². The van der Waals surface area contributed by atoms with Gasteiger partial charge in [0.25, 0.3) is 0 Å². The van der Waals surface area contributed by atoms with Gasteiger partial charge < -0.3 is 19.5 Å². The molecule has 0 saturated carbocycles. The van der Waals surface area contributed by atoms with Gasteiger partial charge in [0.2, 0.25) is 0 Å². The number of imidazole rings is 1. The summed E-state index contributed by atoms with van der Waals surface area (Å²) < 4.78 is 7.42. The van der Waals surface area contributed by atoms with Crippen molar-refractivity contribution >= 4 is 16.8 Å². The minimum absolute atomic E-state index is 0.00535. The lowest BCUT2D eigenvalue weighted by Crippen LogP contribution is -2.25. The molecule has 0 aliphatic rings. The standard InChI is InChI=1S/C20H22N2O4/c1-13(23)15-7-9-17(10-8-15)26-12-16(25)11-22-19-6-4-3-5-18(19)21-20(22)14(2)24/h3-10,14,16,24-25H,11-12H2,1-2H3/t14-,16+/m1/s1. The van der Waals surface area contributed by atoms with Crippen LogP contribution in [-0.4, -0.2) is 38.3 Å². The van der Waals surface area contributed by atoms with Gasteiger partial charge in [-0.15, -0.1) is 0 Å². The SMILES string of the molecule is CC(=O)c1ccc(OC[C@@H](O)Cn2c([C@@H](C)O)nc3ccccc32)cc1. The molecule has 0 saturated heterocycles. The first kappa shape index (κ1) is 18.1. The molecule has 6 nitrogen and oxygen atoms in total. The number of ketones is 1. The monoisotopic (exact) mass is 354 g/mol. The van der Waals surface area contributed by atoms with Crippen LogP contribution in [0.4, 0.5) is 0 Å². The van der Waals surface area contributed by atoms with Gasteiger partial charge in [-0.05, 0) is 50.2 Å². The Morgan fingerprint density at radius 1 is 1.15 bits per heavy atom. The molecule has 0 aliphatic carbocycles. The average molecular weight is 354 g/mol. The fourth-order valence-electron chi connectivity index (χ4n) is 2.85. The number of carbonyl (C=O) groups excluding carboxylic acids is 1. The number of aromatic nitrogens is 2. The highest BCUT2D eigenvalue weighted by Gasteiger charge is 2.17. The van der Waals surface area contributed by atoms with E-state index in [4.69, 9.17) is 4.74 Å². The van der Waals surface area contributed by atoms with E-state index in [1.807, 2.05) is 28.8 Å². The van der Waals surface area contributed by atoms with E-state index in [0.29, 0.717) is 17.1 Å². The summed E-state index contributed by atoms with van der Waals surface area (Å²) in [7, 11) is 0. The quantitative estimate of drug-likeness (QED) is 0.637. The Balaban J connectivity index is 1.70. The molecule has 2 atom stereocenters. The summed E-state index contributed by atoms with van der Waals surface area (Å²) in [6.45, 7) is 3.50. The largest absolute Gasteiger partial charge is 0.491 e. The second-order valence-corrected chi connectivity index (χ2v) is 6.29. The van der Waals surface area contributed by atoms with Gasteiger partial charge in [0, 0.05) is 5.56 Å². The number of nitrogens with zero attached hydrogens (tertiary/aromatic N) is 2. The van der Waals surface area contributed by atoms with Crippen LogP contribution in [0.1, 0.15) is 36.1 Å². The van der Waals surface area contributed by atoms with Gasteiger partial charge in [0.1, 0.15) is 30.4 Å². The maximum absolute atomic E-state index is 11.3. The van der Waals surface area contributed by atoms with Crippen LogP contribution in [-0.2, 0) is 6.54 Å². The fourth-order valence-corrected chi connectivity index (χ4v) is 2.85. The highest BCUT2D eigenvalue weighted by Crippen LogP contribution is 2.21. The van der Waals surface area contributed by atoms with E-state index in [1.54, 1.807) is 31.2 Å². The molecule has 2 N–H and O–H groups in total. The van der Waals surface area contributed by atoms with Gasteiger partial charge in [-0.2, -0.15) is 0 Å². The first-order chi connectivity index (χ1) is 12.5. The number of hydrogen-bond donors (Lipinski definition) is 2. The van der Waals surface area contributed by atoms with Gasteiger partial charge in [0.15, 0.2) is 5.78 Å². The van der Waals surface area contributed by atoms with Crippen LogP contribution in [0.3, 0.4) is 0 Å². The Labute approximate surface area is 151 Å². The predicted molar refractivity (Wildman–Crippen MR) is 98.3 cm³/mol. The van der Waals surface area contributed by atoms with Crippen LogP contribution in [0.5, 0.6) is 5.75 Å². The third-order valence-corrected chi connectivity index (χ3v) is 4.15. The summed E-state index contributed by atoms with van der Waals surface area (Å²) in [5, 5.41) is 20.4. The molecule has 136 valence electrons. The Morgan fingerprint density at radius 3 is 2.50 bits per heavy atom. The molecule has 0 unspecified atom stereocenters. The van der Waals surface area contributed by atoms with Crippen LogP contribution in [0.2, 0.25) is 0 Å². The molecular formula is C20H22N2O4. The molecule has 0 aliphatic heterocycles. The van der Waals surface area contributed by atoms with E-state index in [0.717, 1.165) is 11.0 Å². The van der Waals surface area contributed by atoms with Crippen LogP contribution >= 0.6 is 0 Å². The molecule has 0 amide bonds. The molecule has 1 heterocycles. The number of fused-ring (bicyclic) bond motifs is 1. The molecule has 0 radical (unpaired) electrons. The molecule has 3 aromatic rings. The zero-order valence-corrected chi connectivity index (χ0v) is 14.8. The lowest BCUT2D eigenvalue weighted by molar-refractivity contribution is 0.0894. The van der Waals surface area contributed by atoms with Gasteiger partial charge in [0.05, 0.1) is 17.6 Å². The van der Waals surface area contributed by atoms with Crippen molar-refractivity contribution in [2.24, 2.45) is 0 Å². The second-order valence-electron chi connectivity index (χ2n) is 6.29. The maximum Gasteiger partial charge on any atom is 0.159 e. The minimum Gasteiger partial charge on any atom is -0.491 e. The second kappa shape index (κ2) is 7.68.